The smallest absolute Gasteiger partial charge is 0.0496 e. The first-order valence-corrected chi connectivity index (χ1v) is 22.3. The second-order valence-corrected chi connectivity index (χ2v) is 16.2. The van der Waals surface area contributed by atoms with Crippen LogP contribution in [0.4, 0.5) is 0 Å². The summed E-state index contributed by atoms with van der Waals surface area (Å²) in [6.45, 7) is 26.3. The van der Waals surface area contributed by atoms with E-state index in [0.717, 1.165) is 23.0 Å². The summed E-state index contributed by atoms with van der Waals surface area (Å²) in [4.78, 5) is 17.9. The Morgan fingerprint density at radius 2 is 0.737 bits per heavy atom. The molecule has 1 saturated carbocycles. The van der Waals surface area contributed by atoms with Crippen molar-refractivity contribution in [2.24, 2.45) is 23.7 Å². The summed E-state index contributed by atoms with van der Waals surface area (Å²) >= 11 is 0. The van der Waals surface area contributed by atoms with E-state index < -0.39 is 0 Å². The van der Waals surface area contributed by atoms with Crippen molar-refractivity contribution in [2.75, 3.05) is 0 Å². The molecule has 4 aromatic heterocycles. The van der Waals surface area contributed by atoms with Crippen molar-refractivity contribution in [1.82, 2.24) is 19.9 Å². The molecule has 57 heavy (non-hydrogen) atoms. The number of benzene rings is 1. The summed E-state index contributed by atoms with van der Waals surface area (Å²) in [5, 5.41) is 0. The van der Waals surface area contributed by atoms with Gasteiger partial charge in [-0.25, -0.2) is 0 Å². The van der Waals surface area contributed by atoms with Crippen molar-refractivity contribution in [3.63, 3.8) is 0 Å². The Morgan fingerprint density at radius 1 is 0.404 bits per heavy atom. The second kappa shape index (κ2) is 31.9. The van der Waals surface area contributed by atoms with Crippen LogP contribution in [0, 0.1) is 23.7 Å². The van der Waals surface area contributed by atoms with E-state index in [4.69, 9.17) is 0 Å². The lowest BCUT2D eigenvalue weighted by Crippen LogP contribution is -2.21. The van der Waals surface area contributed by atoms with Gasteiger partial charge in [0.25, 0.3) is 0 Å². The Bertz CT molecular complexity index is 1400. The van der Waals surface area contributed by atoms with Crippen molar-refractivity contribution in [3.05, 3.63) is 156 Å². The minimum atomic E-state index is 0.280. The highest BCUT2D eigenvalue weighted by atomic mass is 14.7. The molecule has 1 aromatic carbocycles. The molecule has 5 aromatic rings. The molecule has 0 aliphatic heterocycles. The molecule has 0 amide bonds. The van der Waals surface area contributed by atoms with E-state index in [9.17, 15) is 0 Å². The minimum absolute atomic E-state index is 0.280. The van der Waals surface area contributed by atoms with Crippen LogP contribution in [0.25, 0.3) is 0 Å². The van der Waals surface area contributed by atoms with Gasteiger partial charge in [0.1, 0.15) is 0 Å². The molecule has 1 aliphatic carbocycles. The van der Waals surface area contributed by atoms with Gasteiger partial charge in [0, 0.05) is 65.3 Å². The van der Waals surface area contributed by atoms with E-state index in [1.54, 1.807) is 0 Å². The summed E-state index contributed by atoms with van der Waals surface area (Å²) < 4.78 is 0. The van der Waals surface area contributed by atoms with Crippen LogP contribution in [-0.4, -0.2) is 19.9 Å². The molecule has 1 fully saturated rings. The SMILES string of the molecule is CC(C)C(c1ccccc1)c1ccccn1.CC(C)C(c1ccccn1)C1CCCCC1.CC(C)C(c1ccccn1)c1ccccn1.CCC.CCC.CCC. The molecular formula is C53H80N4. The van der Waals surface area contributed by atoms with Crippen molar-refractivity contribution in [3.8, 4) is 0 Å². The van der Waals surface area contributed by atoms with Gasteiger partial charge in [0.2, 0.25) is 0 Å². The molecule has 4 heteroatoms. The fraction of sp³-hybridized carbons (Fsp3) is 0.509. The van der Waals surface area contributed by atoms with Crippen molar-refractivity contribution >= 4 is 0 Å². The molecule has 6 rings (SSSR count). The molecule has 4 nitrogen and oxygen atoms in total. The lowest BCUT2D eigenvalue weighted by Gasteiger charge is -2.32. The molecule has 0 saturated heterocycles. The zero-order chi connectivity index (χ0) is 42.3. The van der Waals surface area contributed by atoms with Crippen LogP contribution < -0.4 is 0 Å². The van der Waals surface area contributed by atoms with Gasteiger partial charge in [-0.1, -0.05) is 176 Å². The quantitative estimate of drug-likeness (QED) is 0.150. The van der Waals surface area contributed by atoms with E-state index in [1.165, 1.54) is 62.6 Å². The van der Waals surface area contributed by atoms with Gasteiger partial charge >= 0.3 is 0 Å². The topological polar surface area (TPSA) is 51.6 Å². The number of hydrogen-bond acceptors (Lipinski definition) is 4. The van der Waals surface area contributed by atoms with Crippen LogP contribution >= 0.6 is 0 Å². The number of aromatic nitrogens is 4. The zero-order valence-electron chi connectivity index (χ0n) is 38.1. The van der Waals surface area contributed by atoms with Crippen LogP contribution in [0.2, 0.25) is 0 Å². The average Bonchev–Trinajstić information content (AvgIpc) is 3.22. The van der Waals surface area contributed by atoms with Crippen molar-refractivity contribution < 1.29 is 0 Å². The van der Waals surface area contributed by atoms with Gasteiger partial charge in [0.05, 0.1) is 0 Å². The molecule has 0 bridgehead atoms. The first kappa shape index (κ1) is 50.8. The first-order valence-electron chi connectivity index (χ1n) is 22.3. The second-order valence-electron chi connectivity index (χ2n) is 16.2. The third-order valence-corrected chi connectivity index (χ3v) is 9.42. The highest BCUT2D eigenvalue weighted by Crippen LogP contribution is 2.39. The Morgan fingerprint density at radius 3 is 1.05 bits per heavy atom. The molecule has 0 radical (unpaired) electrons. The van der Waals surface area contributed by atoms with E-state index in [2.05, 4.69) is 170 Å². The van der Waals surface area contributed by atoms with Crippen molar-refractivity contribution in [2.45, 2.75) is 152 Å². The summed E-state index contributed by atoms with van der Waals surface area (Å²) in [6, 6.07) is 35.2. The highest BCUT2D eigenvalue weighted by Gasteiger charge is 2.28. The third kappa shape index (κ3) is 20.2. The fourth-order valence-electron chi connectivity index (χ4n) is 7.27. The molecule has 2 atom stereocenters. The van der Waals surface area contributed by atoms with Gasteiger partial charge in [0.15, 0.2) is 0 Å². The van der Waals surface area contributed by atoms with Crippen LogP contribution in [0.5, 0.6) is 0 Å². The molecular weight excluding hydrogens is 693 g/mol. The normalized spacial score (nSPS) is 13.2. The van der Waals surface area contributed by atoms with Crippen LogP contribution in [0.1, 0.15) is 181 Å². The van der Waals surface area contributed by atoms with E-state index in [-0.39, 0.29) is 5.92 Å². The maximum atomic E-state index is 4.58. The molecule has 0 N–H and O–H groups in total. The van der Waals surface area contributed by atoms with Gasteiger partial charge in [-0.05, 0) is 90.6 Å². The number of rotatable bonds is 9. The first-order chi connectivity index (χ1) is 27.6. The van der Waals surface area contributed by atoms with Gasteiger partial charge in [-0.15, -0.1) is 0 Å². The summed E-state index contributed by atoms with van der Waals surface area (Å²) in [5.74, 6) is 3.95. The summed E-state index contributed by atoms with van der Waals surface area (Å²) in [7, 11) is 0. The molecule has 4 heterocycles. The molecule has 2 unspecified atom stereocenters. The number of hydrogen-bond donors (Lipinski definition) is 0. The Hall–Kier alpha value is -4.18. The molecule has 1 aliphatic rings. The van der Waals surface area contributed by atoms with Crippen LogP contribution in [0.15, 0.2) is 128 Å². The molecule has 0 spiro atoms. The monoisotopic (exact) mass is 773 g/mol. The lowest BCUT2D eigenvalue weighted by atomic mass is 9.73. The van der Waals surface area contributed by atoms with Crippen molar-refractivity contribution in [1.29, 1.82) is 0 Å². The maximum absolute atomic E-state index is 4.58. The van der Waals surface area contributed by atoms with E-state index in [1.807, 2.05) is 61.2 Å². The number of pyridine rings is 4. The standard InChI is InChI=1S/C15H23N.C15H17N.C14H16N2.3C3H8/c2*1-12(2)15(13-8-4-3-5-9-13)14-10-6-7-11-16-14;1-11(2)14(12-7-3-5-9-15-12)13-8-4-6-10-16-13;3*1-3-2/h6-7,10-13,15H,3-5,8-9H2,1-2H3;3-12,15H,1-2H3;3-11,14H,1-2H3;3*3H2,1-2H3. The summed E-state index contributed by atoms with van der Waals surface area (Å²) in [5.41, 5.74) is 6.00. The predicted molar refractivity (Wildman–Crippen MR) is 249 cm³/mol. The Labute approximate surface area is 350 Å². The largest absolute Gasteiger partial charge is 0.261 e. The lowest BCUT2D eigenvalue weighted by molar-refractivity contribution is 0.256. The zero-order valence-corrected chi connectivity index (χ0v) is 38.1. The predicted octanol–water partition coefficient (Wildman–Crippen LogP) is 15.8. The maximum Gasteiger partial charge on any atom is 0.0496 e. The highest BCUT2D eigenvalue weighted by molar-refractivity contribution is 5.29. The summed E-state index contributed by atoms with van der Waals surface area (Å²) in [6.07, 6.45) is 18.3. The van der Waals surface area contributed by atoms with E-state index >= 15 is 0 Å². The van der Waals surface area contributed by atoms with Gasteiger partial charge in [-0.2, -0.15) is 0 Å². The average molecular weight is 773 g/mol. The van der Waals surface area contributed by atoms with E-state index in [0.29, 0.717) is 29.6 Å². The van der Waals surface area contributed by atoms with Gasteiger partial charge in [-0.3, -0.25) is 19.9 Å². The third-order valence-electron chi connectivity index (χ3n) is 9.42. The minimum Gasteiger partial charge on any atom is -0.261 e. The molecule has 312 valence electrons. The van der Waals surface area contributed by atoms with Crippen LogP contribution in [-0.2, 0) is 0 Å². The van der Waals surface area contributed by atoms with Gasteiger partial charge < -0.3 is 0 Å². The van der Waals surface area contributed by atoms with Crippen LogP contribution in [0.3, 0.4) is 0 Å². The Balaban J connectivity index is 0.000000386. The number of nitrogens with zero attached hydrogens (tertiary/aromatic N) is 4. The Kier molecular flexibility index (Phi) is 28.4. The fourth-order valence-corrected chi connectivity index (χ4v) is 7.27.